The zero-order valence-corrected chi connectivity index (χ0v) is 12.4. The number of nitrogens with zero attached hydrogens (tertiary/aromatic N) is 2. The highest BCUT2D eigenvalue weighted by Gasteiger charge is 2.39. The number of carbonyl (C=O) groups is 1. The van der Waals surface area contributed by atoms with Crippen molar-refractivity contribution < 1.29 is 4.79 Å². The molecule has 1 aromatic rings. The van der Waals surface area contributed by atoms with Gasteiger partial charge in [-0.2, -0.15) is 0 Å². The van der Waals surface area contributed by atoms with Crippen molar-refractivity contribution in [3.05, 3.63) is 29.3 Å². The van der Waals surface area contributed by atoms with Crippen LogP contribution in [0.15, 0.2) is 18.2 Å². The number of hydrogen-bond donors (Lipinski definition) is 0. The lowest BCUT2D eigenvalue weighted by atomic mass is 9.75. The van der Waals surface area contributed by atoms with E-state index in [1.54, 1.807) is 0 Å². The van der Waals surface area contributed by atoms with Crippen LogP contribution in [0.4, 0.5) is 5.69 Å². The molecule has 3 nitrogen and oxygen atoms in total. The number of hydrogen-bond acceptors (Lipinski definition) is 3. The van der Waals surface area contributed by atoms with Crippen LogP contribution in [0.25, 0.3) is 0 Å². The Balaban J connectivity index is 2.13. The molecule has 0 radical (unpaired) electrons. The van der Waals surface area contributed by atoms with Crippen molar-refractivity contribution in [1.82, 2.24) is 4.90 Å². The van der Waals surface area contributed by atoms with Crippen LogP contribution in [0.2, 0.25) is 0 Å². The molecule has 0 aromatic heterocycles. The van der Waals surface area contributed by atoms with E-state index in [0.29, 0.717) is 5.54 Å². The van der Waals surface area contributed by atoms with Gasteiger partial charge in [0.15, 0.2) is 0 Å². The minimum Gasteiger partial charge on any atom is -0.373 e. The fraction of sp³-hybridized carbons (Fsp3) is 0.562. The second-order valence-electron chi connectivity index (χ2n) is 5.99. The van der Waals surface area contributed by atoms with Crippen molar-refractivity contribution in [2.45, 2.75) is 31.7 Å². The number of anilines is 1. The summed E-state index contributed by atoms with van der Waals surface area (Å²) in [6.07, 6.45) is 4.80. The largest absolute Gasteiger partial charge is 0.373 e. The molecule has 0 bridgehead atoms. The molecule has 0 saturated heterocycles. The lowest BCUT2D eigenvalue weighted by molar-refractivity contribution is 0.0683. The minimum atomic E-state index is 0.325. The number of rotatable bonds is 5. The molecule has 0 amide bonds. The molecule has 1 aromatic carbocycles. The molecule has 3 heteroatoms. The Bertz CT molecular complexity index is 464. The van der Waals surface area contributed by atoms with Gasteiger partial charge in [0.2, 0.25) is 0 Å². The van der Waals surface area contributed by atoms with Crippen LogP contribution in [-0.2, 0) is 0 Å². The minimum absolute atomic E-state index is 0.325. The van der Waals surface area contributed by atoms with E-state index < -0.39 is 0 Å². The van der Waals surface area contributed by atoms with Crippen molar-refractivity contribution >= 4 is 12.0 Å². The van der Waals surface area contributed by atoms with Gasteiger partial charge in [0.1, 0.15) is 6.29 Å². The number of aryl methyl sites for hydroxylation is 1. The van der Waals surface area contributed by atoms with Crippen molar-refractivity contribution in [1.29, 1.82) is 0 Å². The molecule has 0 aliphatic heterocycles. The van der Waals surface area contributed by atoms with Gasteiger partial charge in [0.25, 0.3) is 0 Å². The summed E-state index contributed by atoms with van der Waals surface area (Å²) >= 11 is 0. The summed E-state index contributed by atoms with van der Waals surface area (Å²) in [4.78, 5) is 15.5. The van der Waals surface area contributed by atoms with E-state index in [0.717, 1.165) is 24.0 Å². The normalized spacial score (nSPS) is 17.1. The summed E-state index contributed by atoms with van der Waals surface area (Å²) in [7, 11) is 6.49. The molecule has 1 fully saturated rings. The Hall–Kier alpha value is -1.35. The highest BCUT2D eigenvalue weighted by atomic mass is 16.1. The Morgan fingerprint density at radius 2 is 1.95 bits per heavy atom. The SMILES string of the molecule is Cc1cc(N(C)CC2(N(C)C)CCC2)ccc1C=O. The Morgan fingerprint density at radius 3 is 2.37 bits per heavy atom. The van der Waals surface area contributed by atoms with Gasteiger partial charge in [-0.15, -0.1) is 0 Å². The predicted molar refractivity (Wildman–Crippen MR) is 80.1 cm³/mol. The Kier molecular flexibility index (Phi) is 3.95. The lowest BCUT2D eigenvalue weighted by Crippen LogP contribution is -2.56. The molecule has 0 heterocycles. The van der Waals surface area contributed by atoms with Gasteiger partial charge in [-0.1, -0.05) is 0 Å². The molecule has 19 heavy (non-hydrogen) atoms. The first-order valence-electron chi connectivity index (χ1n) is 6.93. The molecule has 1 aliphatic carbocycles. The molecule has 1 aliphatic rings. The summed E-state index contributed by atoms with van der Waals surface area (Å²) in [5.74, 6) is 0. The molecule has 2 rings (SSSR count). The van der Waals surface area contributed by atoms with Crippen LogP contribution in [-0.4, -0.2) is 44.4 Å². The van der Waals surface area contributed by atoms with Gasteiger partial charge in [0, 0.05) is 30.4 Å². The smallest absolute Gasteiger partial charge is 0.150 e. The third-order valence-electron chi connectivity index (χ3n) is 4.59. The van der Waals surface area contributed by atoms with Gasteiger partial charge in [0.05, 0.1) is 0 Å². The van der Waals surface area contributed by atoms with E-state index in [-0.39, 0.29) is 0 Å². The maximum absolute atomic E-state index is 10.9. The van der Waals surface area contributed by atoms with Gasteiger partial charge in [-0.05, 0) is 64.0 Å². The monoisotopic (exact) mass is 260 g/mol. The van der Waals surface area contributed by atoms with E-state index in [1.807, 2.05) is 19.1 Å². The van der Waals surface area contributed by atoms with Crippen LogP contribution in [0, 0.1) is 6.92 Å². The average Bonchev–Trinajstić information content (AvgIpc) is 2.32. The van der Waals surface area contributed by atoms with E-state index >= 15 is 0 Å². The second-order valence-corrected chi connectivity index (χ2v) is 5.99. The van der Waals surface area contributed by atoms with Crippen LogP contribution in [0.5, 0.6) is 0 Å². The molecule has 104 valence electrons. The van der Waals surface area contributed by atoms with E-state index in [1.165, 1.54) is 24.9 Å². The molecule has 0 atom stereocenters. The standard InChI is InChI=1S/C16H24N2O/c1-13-10-15(7-6-14(13)11-19)18(4)12-16(17(2)3)8-5-9-16/h6-7,10-11H,5,8-9,12H2,1-4H3. The summed E-state index contributed by atoms with van der Waals surface area (Å²) in [5, 5.41) is 0. The lowest BCUT2D eigenvalue weighted by Gasteiger charge is -2.49. The number of benzene rings is 1. The molecular formula is C16H24N2O. The zero-order valence-electron chi connectivity index (χ0n) is 12.4. The van der Waals surface area contributed by atoms with Crippen molar-refractivity contribution in [2.24, 2.45) is 0 Å². The summed E-state index contributed by atoms with van der Waals surface area (Å²) < 4.78 is 0. The van der Waals surface area contributed by atoms with Gasteiger partial charge >= 0.3 is 0 Å². The van der Waals surface area contributed by atoms with Gasteiger partial charge in [-0.25, -0.2) is 0 Å². The van der Waals surface area contributed by atoms with Gasteiger partial charge < -0.3 is 9.80 Å². The third kappa shape index (κ3) is 2.66. The maximum Gasteiger partial charge on any atom is 0.150 e. The van der Waals surface area contributed by atoms with Crippen LogP contribution < -0.4 is 4.90 Å². The number of aldehydes is 1. The first-order chi connectivity index (χ1) is 8.98. The fourth-order valence-electron chi connectivity index (χ4n) is 2.89. The van der Waals surface area contributed by atoms with Crippen molar-refractivity contribution in [3.63, 3.8) is 0 Å². The fourth-order valence-corrected chi connectivity index (χ4v) is 2.89. The van der Waals surface area contributed by atoms with Gasteiger partial charge in [-0.3, -0.25) is 4.79 Å². The molecule has 0 spiro atoms. The second kappa shape index (κ2) is 5.33. The number of likely N-dealkylation sites (N-methyl/N-ethyl adjacent to an activating group) is 2. The topological polar surface area (TPSA) is 23.6 Å². The maximum atomic E-state index is 10.9. The first kappa shape index (κ1) is 14.1. The highest BCUT2D eigenvalue weighted by Crippen LogP contribution is 2.37. The predicted octanol–water partition coefficient (Wildman–Crippen LogP) is 2.73. The number of carbonyl (C=O) groups excluding carboxylic acids is 1. The molecule has 0 unspecified atom stereocenters. The molecular weight excluding hydrogens is 236 g/mol. The molecule has 0 N–H and O–H groups in total. The van der Waals surface area contributed by atoms with E-state index in [9.17, 15) is 4.79 Å². The van der Waals surface area contributed by atoms with E-state index in [2.05, 4.69) is 37.0 Å². The van der Waals surface area contributed by atoms with Crippen molar-refractivity contribution in [2.75, 3.05) is 32.6 Å². The molecule has 1 saturated carbocycles. The quantitative estimate of drug-likeness (QED) is 0.761. The Labute approximate surface area is 116 Å². The van der Waals surface area contributed by atoms with E-state index in [4.69, 9.17) is 0 Å². The average molecular weight is 260 g/mol. The van der Waals surface area contributed by atoms with Crippen molar-refractivity contribution in [3.8, 4) is 0 Å². The zero-order chi connectivity index (χ0) is 14.0. The van der Waals surface area contributed by atoms with Crippen LogP contribution in [0.3, 0.4) is 0 Å². The summed E-state index contributed by atoms with van der Waals surface area (Å²) in [6, 6.07) is 6.06. The van der Waals surface area contributed by atoms with Crippen LogP contribution in [0.1, 0.15) is 35.2 Å². The van der Waals surface area contributed by atoms with Crippen LogP contribution >= 0.6 is 0 Å². The third-order valence-corrected chi connectivity index (χ3v) is 4.59. The summed E-state index contributed by atoms with van der Waals surface area (Å²) in [6.45, 7) is 3.03. The Morgan fingerprint density at radius 1 is 1.26 bits per heavy atom. The highest BCUT2D eigenvalue weighted by molar-refractivity contribution is 5.78. The first-order valence-corrected chi connectivity index (χ1v) is 6.93. The summed E-state index contributed by atoms with van der Waals surface area (Å²) in [5.41, 5.74) is 3.35.